The zero-order valence-corrected chi connectivity index (χ0v) is 12.9. The molecule has 1 aliphatic heterocycles. The molecule has 1 amide bonds. The van der Waals surface area contributed by atoms with Gasteiger partial charge in [0, 0.05) is 31.0 Å². The molecule has 3 heterocycles. The molecule has 0 aliphatic carbocycles. The highest BCUT2D eigenvalue weighted by Gasteiger charge is 2.26. The van der Waals surface area contributed by atoms with Gasteiger partial charge in [0.1, 0.15) is 0 Å². The molecule has 1 aliphatic rings. The number of amides is 1. The standard InChI is InChI=1S/C15H19N3O2S/c1-18(6-4-12-3-2-8-21-12)15(19)13-9-16-17-14(13)11-5-7-20-10-11/h2-3,8-9,11H,4-7,10H2,1H3,(H,16,17). The quantitative estimate of drug-likeness (QED) is 0.922. The van der Waals surface area contributed by atoms with Crippen LogP contribution in [0.25, 0.3) is 0 Å². The highest BCUT2D eigenvalue weighted by atomic mass is 32.1. The summed E-state index contributed by atoms with van der Waals surface area (Å²) in [5.41, 5.74) is 1.60. The Hall–Kier alpha value is -1.66. The van der Waals surface area contributed by atoms with Crippen molar-refractivity contribution in [2.75, 3.05) is 26.8 Å². The molecule has 112 valence electrons. The molecule has 1 saturated heterocycles. The van der Waals surface area contributed by atoms with E-state index in [2.05, 4.69) is 21.6 Å². The van der Waals surface area contributed by atoms with E-state index in [1.165, 1.54) is 4.88 Å². The summed E-state index contributed by atoms with van der Waals surface area (Å²) >= 11 is 1.72. The van der Waals surface area contributed by atoms with E-state index in [0.717, 1.165) is 25.1 Å². The number of ether oxygens (including phenoxy) is 1. The summed E-state index contributed by atoms with van der Waals surface area (Å²) in [6.45, 7) is 2.14. The van der Waals surface area contributed by atoms with E-state index in [0.29, 0.717) is 18.7 Å². The Kier molecular flexibility index (Phi) is 4.36. The summed E-state index contributed by atoms with van der Waals surface area (Å²) in [5, 5.41) is 9.09. The van der Waals surface area contributed by atoms with Gasteiger partial charge in [0.05, 0.1) is 24.1 Å². The molecule has 1 atom stereocenters. The van der Waals surface area contributed by atoms with E-state index < -0.39 is 0 Å². The van der Waals surface area contributed by atoms with Crippen LogP contribution in [0.1, 0.15) is 33.3 Å². The number of thiophene rings is 1. The molecule has 1 N–H and O–H groups in total. The SMILES string of the molecule is CN(CCc1cccs1)C(=O)c1cn[nH]c1C1CCOC1. The minimum absolute atomic E-state index is 0.0298. The van der Waals surface area contributed by atoms with E-state index in [4.69, 9.17) is 4.74 Å². The molecular formula is C15H19N3O2S. The van der Waals surface area contributed by atoms with Gasteiger partial charge in [-0.25, -0.2) is 0 Å². The minimum atomic E-state index is 0.0298. The van der Waals surface area contributed by atoms with Crippen molar-refractivity contribution in [1.29, 1.82) is 0 Å². The van der Waals surface area contributed by atoms with Crippen LogP contribution in [0.5, 0.6) is 0 Å². The molecule has 3 rings (SSSR count). The van der Waals surface area contributed by atoms with Crippen LogP contribution in [0.3, 0.4) is 0 Å². The zero-order chi connectivity index (χ0) is 14.7. The molecule has 0 aromatic carbocycles. The molecule has 6 heteroatoms. The van der Waals surface area contributed by atoms with E-state index in [1.54, 1.807) is 22.4 Å². The van der Waals surface area contributed by atoms with Crippen LogP contribution in [-0.4, -0.2) is 47.8 Å². The van der Waals surface area contributed by atoms with Gasteiger partial charge < -0.3 is 9.64 Å². The lowest BCUT2D eigenvalue weighted by atomic mass is 10.0. The minimum Gasteiger partial charge on any atom is -0.381 e. The first kappa shape index (κ1) is 14.3. The molecule has 0 bridgehead atoms. The fourth-order valence-corrected chi connectivity index (χ4v) is 3.28. The maximum Gasteiger partial charge on any atom is 0.257 e. The molecule has 5 nitrogen and oxygen atoms in total. The molecule has 2 aromatic rings. The van der Waals surface area contributed by atoms with Crippen molar-refractivity contribution in [3.63, 3.8) is 0 Å². The van der Waals surface area contributed by atoms with Crippen LogP contribution in [0.4, 0.5) is 0 Å². The van der Waals surface area contributed by atoms with Gasteiger partial charge in [-0.15, -0.1) is 11.3 Å². The number of carbonyl (C=O) groups excluding carboxylic acids is 1. The molecule has 1 fully saturated rings. The van der Waals surface area contributed by atoms with Gasteiger partial charge in [0.25, 0.3) is 5.91 Å². The van der Waals surface area contributed by atoms with E-state index in [-0.39, 0.29) is 11.8 Å². The van der Waals surface area contributed by atoms with Gasteiger partial charge in [0.2, 0.25) is 0 Å². The number of nitrogens with zero attached hydrogens (tertiary/aromatic N) is 2. The second kappa shape index (κ2) is 6.41. The molecule has 1 unspecified atom stereocenters. The molecule has 0 spiro atoms. The van der Waals surface area contributed by atoms with Crippen LogP contribution in [0, 0.1) is 0 Å². The first-order valence-electron chi connectivity index (χ1n) is 7.14. The number of hydrogen-bond donors (Lipinski definition) is 1. The molecule has 2 aromatic heterocycles. The highest BCUT2D eigenvalue weighted by molar-refractivity contribution is 7.09. The first-order valence-corrected chi connectivity index (χ1v) is 8.02. The average molecular weight is 305 g/mol. The Morgan fingerprint density at radius 3 is 3.24 bits per heavy atom. The maximum absolute atomic E-state index is 12.6. The normalized spacial score (nSPS) is 18.0. The number of aromatic amines is 1. The van der Waals surface area contributed by atoms with Gasteiger partial charge in [-0.2, -0.15) is 5.10 Å². The van der Waals surface area contributed by atoms with Crippen LogP contribution >= 0.6 is 11.3 Å². The van der Waals surface area contributed by atoms with Crippen molar-refractivity contribution < 1.29 is 9.53 Å². The lowest BCUT2D eigenvalue weighted by Crippen LogP contribution is -2.29. The summed E-state index contributed by atoms with van der Waals surface area (Å²) in [7, 11) is 1.85. The summed E-state index contributed by atoms with van der Waals surface area (Å²) in [6, 6.07) is 4.14. The maximum atomic E-state index is 12.6. The fourth-order valence-electron chi connectivity index (χ4n) is 2.58. The summed E-state index contributed by atoms with van der Waals surface area (Å²) in [4.78, 5) is 15.6. The van der Waals surface area contributed by atoms with Crippen LogP contribution in [0.2, 0.25) is 0 Å². The number of rotatable bonds is 5. The largest absolute Gasteiger partial charge is 0.381 e. The smallest absolute Gasteiger partial charge is 0.257 e. The zero-order valence-electron chi connectivity index (χ0n) is 12.0. The van der Waals surface area contributed by atoms with Crippen LogP contribution in [-0.2, 0) is 11.2 Å². The number of aromatic nitrogens is 2. The third-order valence-corrected chi connectivity index (χ3v) is 4.79. The molecule has 21 heavy (non-hydrogen) atoms. The van der Waals surface area contributed by atoms with E-state index >= 15 is 0 Å². The van der Waals surface area contributed by atoms with Crippen molar-refractivity contribution in [1.82, 2.24) is 15.1 Å². The third-order valence-electron chi connectivity index (χ3n) is 3.86. The lowest BCUT2D eigenvalue weighted by Gasteiger charge is -2.17. The van der Waals surface area contributed by atoms with Gasteiger partial charge in [-0.05, 0) is 24.3 Å². The summed E-state index contributed by atoms with van der Waals surface area (Å²) in [5.74, 6) is 0.291. The third kappa shape index (κ3) is 3.16. The van der Waals surface area contributed by atoms with Gasteiger partial charge in [-0.1, -0.05) is 6.07 Å². The Bertz CT molecular complexity index is 588. The lowest BCUT2D eigenvalue weighted by molar-refractivity contribution is 0.0795. The second-order valence-corrected chi connectivity index (χ2v) is 6.35. The average Bonchev–Trinajstić information content (AvgIpc) is 3.25. The van der Waals surface area contributed by atoms with Gasteiger partial charge >= 0.3 is 0 Å². The van der Waals surface area contributed by atoms with Crippen LogP contribution in [0.15, 0.2) is 23.7 Å². The number of nitrogens with one attached hydrogen (secondary N) is 1. The predicted molar refractivity (Wildman–Crippen MR) is 81.7 cm³/mol. The van der Waals surface area contributed by atoms with Crippen molar-refractivity contribution in [3.05, 3.63) is 39.8 Å². The van der Waals surface area contributed by atoms with Crippen molar-refractivity contribution in [2.45, 2.75) is 18.8 Å². The predicted octanol–water partition coefficient (Wildman–Crippen LogP) is 2.29. The Morgan fingerprint density at radius 1 is 1.62 bits per heavy atom. The molecule has 0 radical (unpaired) electrons. The van der Waals surface area contributed by atoms with Gasteiger partial charge in [0.15, 0.2) is 0 Å². The summed E-state index contributed by atoms with van der Waals surface area (Å²) in [6.07, 6.45) is 3.47. The molecule has 0 saturated carbocycles. The van der Waals surface area contributed by atoms with Crippen molar-refractivity contribution in [3.8, 4) is 0 Å². The summed E-state index contributed by atoms with van der Waals surface area (Å²) < 4.78 is 5.40. The Morgan fingerprint density at radius 2 is 2.52 bits per heavy atom. The first-order chi connectivity index (χ1) is 10.3. The number of hydrogen-bond acceptors (Lipinski definition) is 4. The number of likely N-dealkylation sites (N-methyl/N-ethyl adjacent to an activating group) is 1. The topological polar surface area (TPSA) is 58.2 Å². The van der Waals surface area contributed by atoms with E-state index in [1.807, 2.05) is 13.1 Å². The monoisotopic (exact) mass is 305 g/mol. The number of H-pyrrole nitrogens is 1. The van der Waals surface area contributed by atoms with E-state index in [9.17, 15) is 4.79 Å². The van der Waals surface area contributed by atoms with Crippen molar-refractivity contribution >= 4 is 17.2 Å². The Labute approximate surface area is 127 Å². The van der Waals surface area contributed by atoms with Crippen molar-refractivity contribution in [2.24, 2.45) is 0 Å². The second-order valence-electron chi connectivity index (χ2n) is 5.31. The molecular weight excluding hydrogens is 286 g/mol. The fraction of sp³-hybridized carbons (Fsp3) is 0.467. The highest BCUT2D eigenvalue weighted by Crippen LogP contribution is 2.26. The number of carbonyl (C=O) groups is 1. The van der Waals surface area contributed by atoms with Gasteiger partial charge in [-0.3, -0.25) is 9.89 Å². The van der Waals surface area contributed by atoms with Crippen LogP contribution < -0.4 is 0 Å². The Balaban J connectivity index is 1.65.